The van der Waals surface area contributed by atoms with Gasteiger partial charge in [-0.1, -0.05) is 23.8 Å². The lowest BCUT2D eigenvalue weighted by Crippen LogP contribution is -2.60. The van der Waals surface area contributed by atoms with E-state index in [0.717, 1.165) is 6.54 Å². The number of nitrogens with zero attached hydrogens (tertiary/aromatic N) is 1. The zero-order valence-corrected chi connectivity index (χ0v) is 13.3. The summed E-state index contributed by atoms with van der Waals surface area (Å²) in [6.45, 7) is 7.32. The molecule has 3 rings (SSSR count). The number of piperazine rings is 1. The molecule has 2 N–H and O–H groups in total. The molecule has 0 bridgehead atoms. The Kier molecular flexibility index (Phi) is 3.91. The first-order valence-electron chi connectivity index (χ1n) is 7.86. The Hall–Kier alpha value is -1.88. The normalized spacial score (nSPS) is 27.8. The minimum Gasteiger partial charge on any atom is -0.343 e. The third-order valence-corrected chi connectivity index (χ3v) is 4.70. The molecule has 0 spiro atoms. The fourth-order valence-electron chi connectivity index (χ4n) is 3.34. The maximum Gasteiger partial charge on any atom is 0.245 e. The zero-order valence-electron chi connectivity index (χ0n) is 13.3. The molecule has 0 saturated carbocycles. The maximum atomic E-state index is 12.2. The standard InChI is InChI=1S/C17H23N3O2/c1-10-4-5-11(2)13(6-10)8-18-14-7-15-16(21)19-12(3)17(22)20(15)9-14/h4-6,12,14-15,18H,7-9H2,1-3H3,(H,19,21)/t12-,14-,15-/m0/s1. The van der Waals surface area contributed by atoms with E-state index in [9.17, 15) is 9.59 Å². The summed E-state index contributed by atoms with van der Waals surface area (Å²) in [5.74, 6) is 0.00349. The number of hydrogen-bond donors (Lipinski definition) is 2. The van der Waals surface area contributed by atoms with Crippen LogP contribution in [0.4, 0.5) is 0 Å². The van der Waals surface area contributed by atoms with Crippen molar-refractivity contribution in [2.45, 2.75) is 51.9 Å². The Morgan fingerprint density at radius 1 is 1.32 bits per heavy atom. The lowest BCUT2D eigenvalue weighted by molar-refractivity contribution is -0.146. The Bertz CT molecular complexity index is 614. The van der Waals surface area contributed by atoms with Crippen LogP contribution in [0.25, 0.3) is 0 Å². The number of hydrogen-bond acceptors (Lipinski definition) is 3. The van der Waals surface area contributed by atoms with Crippen molar-refractivity contribution in [2.75, 3.05) is 6.54 Å². The highest BCUT2D eigenvalue weighted by Gasteiger charge is 2.44. The van der Waals surface area contributed by atoms with Gasteiger partial charge in [-0.05, 0) is 38.3 Å². The van der Waals surface area contributed by atoms with E-state index in [2.05, 4.69) is 42.7 Å². The van der Waals surface area contributed by atoms with Gasteiger partial charge in [0.1, 0.15) is 12.1 Å². The molecular formula is C17H23N3O2. The Morgan fingerprint density at radius 2 is 2.09 bits per heavy atom. The molecule has 5 heteroatoms. The van der Waals surface area contributed by atoms with Gasteiger partial charge in [0.15, 0.2) is 0 Å². The first-order chi connectivity index (χ1) is 10.5. The molecule has 1 aromatic rings. The van der Waals surface area contributed by atoms with Crippen molar-refractivity contribution in [1.29, 1.82) is 0 Å². The topological polar surface area (TPSA) is 61.4 Å². The summed E-state index contributed by atoms with van der Waals surface area (Å²) in [5.41, 5.74) is 3.78. The number of amides is 2. The van der Waals surface area contributed by atoms with Crippen LogP contribution in [0.1, 0.15) is 30.0 Å². The van der Waals surface area contributed by atoms with Crippen LogP contribution >= 0.6 is 0 Å². The Morgan fingerprint density at radius 3 is 2.86 bits per heavy atom. The molecule has 0 radical (unpaired) electrons. The third-order valence-electron chi connectivity index (χ3n) is 4.70. The predicted molar refractivity (Wildman–Crippen MR) is 84.3 cm³/mol. The lowest BCUT2D eigenvalue weighted by Gasteiger charge is -2.32. The molecule has 1 aromatic carbocycles. The summed E-state index contributed by atoms with van der Waals surface area (Å²) in [4.78, 5) is 25.9. The molecule has 0 aliphatic carbocycles. The van der Waals surface area contributed by atoms with E-state index < -0.39 is 6.04 Å². The van der Waals surface area contributed by atoms with E-state index >= 15 is 0 Å². The molecule has 2 aliphatic rings. The van der Waals surface area contributed by atoms with Gasteiger partial charge in [0.05, 0.1) is 0 Å². The molecule has 118 valence electrons. The largest absolute Gasteiger partial charge is 0.343 e. The Labute approximate surface area is 131 Å². The van der Waals surface area contributed by atoms with Gasteiger partial charge in [-0.15, -0.1) is 0 Å². The van der Waals surface area contributed by atoms with E-state index in [1.54, 1.807) is 11.8 Å². The number of nitrogens with one attached hydrogen (secondary N) is 2. The van der Waals surface area contributed by atoms with E-state index in [1.165, 1.54) is 16.7 Å². The first kappa shape index (κ1) is 15.0. The second-order valence-electron chi connectivity index (χ2n) is 6.48. The van der Waals surface area contributed by atoms with Gasteiger partial charge in [0.2, 0.25) is 11.8 Å². The highest BCUT2D eigenvalue weighted by molar-refractivity contribution is 5.97. The van der Waals surface area contributed by atoms with Crippen LogP contribution in [-0.4, -0.2) is 41.4 Å². The summed E-state index contributed by atoms with van der Waals surface area (Å²) in [6.07, 6.45) is 0.690. The summed E-state index contributed by atoms with van der Waals surface area (Å²) in [5, 5.41) is 6.26. The summed E-state index contributed by atoms with van der Waals surface area (Å²) in [7, 11) is 0. The molecular weight excluding hydrogens is 278 g/mol. The highest BCUT2D eigenvalue weighted by Crippen LogP contribution is 2.23. The maximum absolute atomic E-state index is 12.2. The van der Waals surface area contributed by atoms with Crippen molar-refractivity contribution in [3.63, 3.8) is 0 Å². The van der Waals surface area contributed by atoms with E-state index in [4.69, 9.17) is 0 Å². The van der Waals surface area contributed by atoms with E-state index in [-0.39, 0.29) is 23.9 Å². The fraction of sp³-hybridized carbons (Fsp3) is 0.529. The number of rotatable bonds is 3. The van der Waals surface area contributed by atoms with Gasteiger partial charge in [0.25, 0.3) is 0 Å². The number of fused-ring (bicyclic) bond motifs is 1. The molecule has 2 heterocycles. The molecule has 2 amide bonds. The molecule has 0 unspecified atom stereocenters. The van der Waals surface area contributed by atoms with Crippen LogP contribution < -0.4 is 10.6 Å². The average Bonchev–Trinajstić information content (AvgIpc) is 2.91. The van der Waals surface area contributed by atoms with Gasteiger partial charge >= 0.3 is 0 Å². The lowest BCUT2D eigenvalue weighted by atomic mass is 10.0. The van der Waals surface area contributed by atoms with Crippen molar-refractivity contribution in [3.05, 3.63) is 34.9 Å². The number of aryl methyl sites for hydroxylation is 2. The zero-order chi connectivity index (χ0) is 15.9. The van der Waals surface area contributed by atoms with Crippen LogP contribution in [0.5, 0.6) is 0 Å². The predicted octanol–water partition coefficient (Wildman–Crippen LogP) is 0.881. The van der Waals surface area contributed by atoms with Gasteiger partial charge in [-0.25, -0.2) is 0 Å². The van der Waals surface area contributed by atoms with Crippen LogP contribution in [0, 0.1) is 13.8 Å². The van der Waals surface area contributed by atoms with E-state index in [0.29, 0.717) is 13.0 Å². The quantitative estimate of drug-likeness (QED) is 0.871. The molecule has 5 nitrogen and oxygen atoms in total. The van der Waals surface area contributed by atoms with Gasteiger partial charge in [-0.2, -0.15) is 0 Å². The SMILES string of the molecule is Cc1ccc(C)c(CN[C@H]2C[C@H]3C(=O)N[C@@H](C)C(=O)N3C2)c1. The second kappa shape index (κ2) is 5.72. The minimum atomic E-state index is -0.401. The minimum absolute atomic E-state index is 0.0249. The van der Waals surface area contributed by atoms with E-state index in [1.807, 2.05) is 0 Å². The molecule has 2 saturated heterocycles. The summed E-state index contributed by atoms with van der Waals surface area (Å²) >= 11 is 0. The van der Waals surface area contributed by atoms with Gasteiger partial charge in [-0.3, -0.25) is 9.59 Å². The third kappa shape index (κ3) is 2.73. The number of carbonyl (C=O) groups excluding carboxylic acids is 2. The van der Waals surface area contributed by atoms with Crippen molar-refractivity contribution < 1.29 is 9.59 Å². The molecule has 2 aliphatic heterocycles. The fourth-order valence-corrected chi connectivity index (χ4v) is 3.34. The smallest absolute Gasteiger partial charge is 0.245 e. The van der Waals surface area contributed by atoms with Gasteiger partial charge < -0.3 is 15.5 Å². The summed E-state index contributed by atoms with van der Waals surface area (Å²) in [6, 6.07) is 5.89. The van der Waals surface area contributed by atoms with Gasteiger partial charge in [0, 0.05) is 19.1 Å². The monoisotopic (exact) mass is 301 g/mol. The molecule has 0 aromatic heterocycles. The van der Waals surface area contributed by atoms with Crippen LogP contribution in [0.15, 0.2) is 18.2 Å². The summed E-state index contributed by atoms with van der Waals surface area (Å²) < 4.78 is 0. The Balaban J connectivity index is 1.65. The molecule has 2 fully saturated rings. The van der Waals surface area contributed by atoms with Crippen LogP contribution in [0.3, 0.4) is 0 Å². The molecule has 3 atom stereocenters. The molecule has 22 heavy (non-hydrogen) atoms. The van der Waals surface area contributed by atoms with Crippen LogP contribution in [0.2, 0.25) is 0 Å². The van der Waals surface area contributed by atoms with Crippen molar-refractivity contribution in [3.8, 4) is 0 Å². The van der Waals surface area contributed by atoms with Crippen LogP contribution in [-0.2, 0) is 16.1 Å². The average molecular weight is 301 g/mol. The van der Waals surface area contributed by atoms with Crippen molar-refractivity contribution in [2.24, 2.45) is 0 Å². The number of benzene rings is 1. The first-order valence-corrected chi connectivity index (χ1v) is 7.86. The second-order valence-corrected chi connectivity index (χ2v) is 6.48. The highest BCUT2D eigenvalue weighted by atomic mass is 16.2. The number of carbonyl (C=O) groups is 2. The van der Waals surface area contributed by atoms with Crippen molar-refractivity contribution >= 4 is 11.8 Å². The van der Waals surface area contributed by atoms with Crippen molar-refractivity contribution in [1.82, 2.24) is 15.5 Å².